The van der Waals surface area contributed by atoms with Crippen molar-refractivity contribution in [1.82, 2.24) is 0 Å². The molecule has 0 aliphatic heterocycles. The third-order valence-electron chi connectivity index (χ3n) is 3.98. The maximum absolute atomic E-state index is 12.2. The van der Waals surface area contributed by atoms with E-state index in [0.717, 1.165) is 48.0 Å². The fraction of sp³-hybridized carbons (Fsp3) is 0.533. The summed E-state index contributed by atoms with van der Waals surface area (Å²) in [6.45, 7) is 2.77. The lowest BCUT2D eigenvalue weighted by atomic mass is 9.81. The average molecular weight is 325 g/mol. The molecule has 0 atom stereocenters. The summed E-state index contributed by atoms with van der Waals surface area (Å²) in [4.78, 5) is 12.2. The molecule has 4 heteroatoms. The van der Waals surface area contributed by atoms with Crippen LogP contribution in [0.1, 0.15) is 31.2 Å². The topological polar surface area (TPSA) is 55.1 Å². The van der Waals surface area contributed by atoms with Crippen molar-refractivity contribution in [2.75, 3.05) is 11.9 Å². The van der Waals surface area contributed by atoms with Crippen molar-refractivity contribution < 1.29 is 4.79 Å². The van der Waals surface area contributed by atoms with E-state index < -0.39 is 0 Å². The van der Waals surface area contributed by atoms with E-state index in [1.807, 2.05) is 25.1 Å². The Bertz CT molecular complexity index is 453. The molecule has 19 heavy (non-hydrogen) atoms. The zero-order chi connectivity index (χ0) is 13.8. The first-order chi connectivity index (χ1) is 9.10. The van der Waals surface area contributed by atoms with Crippen molar-refractivity contribution in [3.05, 3.63) is 28.2 Å². The predicted octanol–water partition coefficient (Wildman–Crippen LogP) is 3.46. The van der Waals surface area contributed by atoms with Gasteiger partial charge < -0.3 is 11.1 Å². The highest BCUT2D eigenvalue weighted by molar-refractivity contribution is 9.10. The van der Waals surface area contributed by atoms with Crippen LogP contribution in [0.15, 0.2) is 22.7 Å². The van der Waals surface area contributed by atoms with Gasteiger partial charge in [0.15, 0.2) is 0 Å². The lowest BCUT2D eigenvalue weighted by molar-refractivity contribution is -0.121. The van der Waals surface area contributed by atoms with Gasteiger partial charge in [-0.1, -0.05) is 15.9 Å². The first-order valence-corrected chi connectivity index (χ1v) is 7.66. The maximum atomic E-state index is 12.2. The van der Waals surface area contributed by atoms with E-state index >= 15 is 0 Å². The van der Waals surface area contributed by atoms with Crippen molar-refractivity contribution >= 4 is 27.5 Å². The van der Waals surface area contributed by atoms with Crippen LogP contribution < -0.4 is 11.1 Å². The van der Waals surface area contributed by atoms with Gasteiger partial charge >= 0.3 is 0 Å². The molecule has 1 aromatic rings. The second-order valence-electron chi connectivity index (χ2n) is 5.41. The first-order valence-electron chi connectivity index (χ1n) is 6.87. The second-order valence-corrected chi connectivity index (χ2v) is 6.26. The van der Waals surface area contributed by atoms with Crippen LogP contribution in [0.3, 0.4) is 0 Å². The number of carbonyl (C=O) groups excluding carboxylic acids is 1. The van der Waals surface area contributed by atoms with Crippen LogP contribution in [0.4, 0.5) is 5.69 Å². The number of hydrogen-bond acceptors (Lipinski definition) is 2. The summed E-state index contributed by atoms with van der Waals surface area (Å²) in [5.74, 6) is 0.905. The van der Waals surface area contributed by atoms with Crippen LogP contribution in [0.25, 0.3) is 0 Å². The number of amides is 1. The minimum atomic E-state index is 0.145. The fourth-order valence-corrected chi connectivity index (χ4v) is 2.87. The Labute approximate surface area is 123 Å². The van der Waals surface area contributed by atoms with Gasteiger partial charge in [0.2, 0.25) is 5.91 Å². The Hall–Kier alpha value is -0.870. The van der Waals surface area contributed by atoms with Gasteiger partial charge in [0, 0.05) is 16.1 Å². The Morgan fingerprint density at radius 3 is 2.63 bits per heavy atom. The van der Waals surface area contributed by atoms with Crippen LogP contribution in [-0.4, -0.2) is 12.5 Å². The Morgan fingerprint density at radius 1 is 1.37 bits per heavy atom. The van der Waals surface area contributed by atoms with Crippen molar-refractivity contribution in [3.63, 3.8) is 0 Å². The standard InChI is InChI=1S/C15H21BrN2O/c1-10-8-13(6-7-14(10)16)18-15(19)12-4-2-11(9-17)3-5-12/h6-8,11-12H,2-5,9,17H2,1H3,(H,18,19). The van der Waals surface area contributed by atoms with Crippen LogP contribution in [0.2, 0.25) is 0 Å². The second kappa shape index (κ2) is 6.53. The molecule has 3 nitrogen and oxygen atoms in total. The van der Waals surface area contributed by atoms with Crippen molar-refractivity contribution in [3.8, 4) is 0 Å². The highest BCUT2D eigenvalue weighted by Gasteiger charge is 2.25. The average Bonchev–Trinajstić information content (AvgIpc) is 2.43. The van der Waals surface area contributed by atoms with Crippen LogP contribution in [-0.2, 0) is 4.79 Å². The zero-order valence-corrected chi connectivity index (χ0v) is 12.9. The number of nitrogens with one attached hydrogen (secondary N) is 1. The molecular weight excluding hydrogens is 304 g/mol. The molecule has 1 aliphatic rings. The van der Waals surface area contributed by atoms with Crippen LogP contribution in [0, 0.1) is 18.8 Å². The van der Waals surface area contributed by atoms with E-state index in [9.17, 15) is 4.79 Å². The lowest BCUT2D eigenvalue weighted by Crippen LogP contribution is -2.29. The molecule has 1 amide bonds. The highest BCUT2D eigenvalue weighted by atomic mass is 79.9. The summed E-state index contributed by atoms with van der Waals surface area (Å²) < 4.78 is 1.06. The molecule has 0 aromatic heterocycles. The molecule has 1 aliphatic carbocycles. The molecule has 0 saturated heterocycles. The fourth-order valence-electron chi connectivity index (χ4n) is 2.63. The van der Waals surface area contributed by atoms with Gasteiger partial charge in [0.25, 0.3) is 0 Å². The summed E-state index contributed by atoms with van der Waals surface area (Å²) in [5, 5.41) is 3.02. The van der Waals surface area contributed by atoms with E-state index in [1.54, 1.807) is 0 Å². The molecule has 1 saturated carbocycles. The van der Waals surface area contributed by atoms with Gasteiger partial charge in [-0.05, 0) is 68.8 Å². The minimum absolute atomic E-state index is 0.145. The number of aryl methyl sites for hydroxylation is 1. The summed E-state index contributed by atoms with van der Waals surface area (Å²) in [6, 6.07) is 5.89. The highest BCUT2D eigenvalue weighted by Crippen LogP contribution is 2.29. The third kappa shape index (κ3) is 3.80. The van der Waals surface area contributed by atoms with E-state index in [2.05, 4.69) is 21.2 Å². The molecule has 0 bridgehead atoms. The van der Waals surface area contributed by atoms with Crippen LogP contribution >= 0.6 is 15.9 Å². The smallest absolute Gasteiger partial charge is 0.227 e. The Morgan fingerprint density at radius 2 is 2.05 bits per heavy atom. The largest absolute Gasteiger partial charge is 0.330 e. The number of anilines is 1. The first kappa shape index (κ1) is 14.5. The SMILES string of the molecule is Cc1cc(NC(=O)C2CCC(CN)CC2)ccc1Br. The Kier molecular flexibility index (Phi) is 4.99. The van der Waals surface area contributed by atoms with E-state index in [-0.39, 0.29) is 11.8 Å². The molecule has 104 valence electrons. The normalized spacial score (nSPS) is 23.1. The van der Waals surface area contributed by atoms with Crippen molar-refractivity contribution in [1.29, 1.82) is 0 Å². The van der Waals surface area contributed by atoms with Gasteiger partial charge in [0.1, 0.15) is 0 Å². The monoisotopic (exact) mass is 324 g/mol. The number of rotatable bonds is 3. The molecule has 0 heterocycles. The lowest BCUT2D eigenvalue weighted by Gasteiger charge is -2.26. The number of hydrogen-bond donors (Lipinski definition) is 2. The summed E-state index contributed by atoms with van der Waals surface area (Å²) in [7, 11) is 0. The predicted molar refractivity (Wildman–Crippen MR) is 82.0 cm³/mol. The van der Waals surface area contributed by atoms with Crippen molar-refractivity contribution in [2.45, 2.75) is 32.6 Å². The molecule has 2 rings (SSSR count). The number of benzene rings is 1. The van der Waals surface area contributed by atoms with Crippen LogP contribution in [0.5, 0.6) is 0 Å². The number of halogens is 1. The van der Waals surface area contributed by atoms with Gasteiger partial charge in [-0.2, -0.15) is 0 Å². The van der Waals surface area contributed by atoms with E-state index in [0.29, 0.717) is 5.92 Å². The summed E-state index contributed by atoms with van der Waals surface area (Å²) in [5.41, 5.74) is 7.68. The maximum Gasteiger partial charge on any atom is 0.227 e. The summed E-state index contributed by atoms with van der Waals surface area (Å²) in [6.07, 6.45) is 4.08. The minimum Gasteiger partial charge on any atom is -0.330 e. The summed E-state index contributed by atoms with van der Waals surface area (Å²) >= 11 is 3.46. The molecular formula is C15H21BrN2O. The molecule has 1 fully saturated rings. The molecule has 0 radical (unpaired) electrons. The molecule has 1 aromatic carbocycles. The third-order valence-corrected chi connectivity index (χ3v) is 4.87. The molecule has 3 N–H and O–H groups in total. The van der Waals surface area contributed by atoms with Gasteiger partial charge in [-0.15, -0.1) is 0 Å². The van der Waals surface area contributed by atoms with Gasteiger partial charge in [0.05, 0.1) is 0 Å². The number of carbonyl (C=O) groups is 1. The van der Waals surface area contributed by atoms with E-state index in [4.69, 9.17) is 5.73 Å². The van der Waals surface area contributed by atoms with Crippen molar-refractivity contribution in [2.24, 2.45) is 17.6 Å². The Balaban J connectivity index is 1.92. The zero-order valence-electron chi connectivity index (χ0n) is 11.3. The molecule has 0 unspecified atom stereocenters. The molecule has 0 spiro atoms. The number of nitrogens with two attached hydrogens (primary N) is 1. The quantitative estimate of drug-likeness (QED) is 0.894. The van der Waals surface area contributed by atoms with E-state index in [1.165, 1.54) is 0 Å². The van der Waals surface area contributed by atoms with Gasteiger partial charge in [-0.25, -0.2) is 0 Å². The van der Waals surface area contributed by atoms with Gasteiger partial charge in [-0.3, -0.25) is 4.79 Å².